The smallest absolute Gasteiger partial charge is 0.417 e. The van der Waals surface area contributed by atoms with Crippen LogP contribution in [0.5, 0.6) is 0 Å². The summed E-state index contributed by atoms with van der Waals surface area (Å²) in [5.41, 5.74) is 0. The minimum atomic E-state index is -6.72. The number of rotatable bonds is 3. The summed E-state index contributed by atoms with van der Waals surface area (Å²) in [7, 11) is -6.72. The van der Waals surface area contributed by atoms with Crippen LogP contribution in [0.3, 0.4) is 0 Å². The Morgan fingerprint density at radius 1 is 1.23 bits per heavy atom. The second-order valence-electron chi connectivity index (χ2n) is 1.85. The molecule has 0 amide bonds. The zero-order chi connectivity index (χ0) is 11.1. The third kappa shape index (κ3) is 1.72. The predicted molar refractivity (Wildman–Crippen MR) is 27.2 cm³/mol. The van der Waals surface area contributed by atoms with Crippen molar-refractivity contribution in [1.29, 1.82) is 0 Å². The maximum atomic E-state index is 11.9. The fraction of sp³-hybridized carbons (Fsp3) is 0.667. The topological polar surface area (TPSA) is 94.5 Å². The maximum absolute atomic E-state index is 11.9. The van der Waals surface area contributed by atoms with Gasteiger partial charge in [-0.25, -0.2) is 13.2 Å². The summed E-state index contributed by atoms with van der Waals surface area (Å²) in [5.74, 6) is -9.33. The summed E-state index contributed by atoms with van der Waals surface area (Å²) in [4.78, 5) is 9.48. The van der Waals surface area contributed by atoms with Crippen molar-refractivity contribution in [3.05, 3.63) is 0 Å². The highest BCUT2D eigenvalue weighted by Crippen LogP contribution is 2.38. The zero-order valence-electron chi connectivity index (χ0n) is 5.50. The van der Waals surface area contributed by atoms with E-state index in [4.69, 9.17) is 5.11 Å². The Hall–Kier alpha value is -0.900. The van der Waals surface area contributed by atoms with E-state index < -0.39 is 27.3 Å². The number of halogens is 4. The fourth-order valence-electron chi connectivity index (χ4n) is 0.281. The molecule has 0 spiro atoms. The lowest BCUT2D eigenvalue weighted by atomic mass is 10.3. The molecule has 0 atom stereocenters. The van der Waals surface area contributed by atoms with Crippen molar-refractivity contribution in [2.75, 3.05) is 0 Å². The van der Waals surface area contributed by atoms with Crippen LogP contribution >= 0.6 is 0 Å². The zero-order valence-corrected chi connectivity index (χ0v) is 6.32. The lowest BCUT2D eigenvalue weighted by Gasteiger charge is -2.24. The fourth-order valence-corrected chi connectivity index (χ4v) is 0.683. The lowest BCUT2D eigenvalue weighted by Crippen LogP contribution is -2.51. The van der Waals surface area contributed by atoms with Gasteiger partial charge in [0, 0.05) is 0 Å². The molecule has 0 radical (unpaired) electrons. The Morgan fingerprint density at radius 3 is 1.62 bits per heavy atom. The van der Waals surface area contributed by atoms with E-state index in [1.54, 1.807) is 0 Å². The molecule has 0 bridgehead atoms. The van der Waals surface area contributed by atoms with Gasteiger partial charge in [-0.3, -0.25) is 0 Å². The molecule has 1 N–H and O–H groups in total. The number of hydrogen-bond donors (Lipinski definition) is 1. The average molecular weight is 225 g/mol. The minimum absolute atomic E-state index is 3.39. The van der Waals surface area contributed by atoms with Crippen molar-refractivity contribution in [3.8, 4) is 0 Å². The summed E-state index contributed by atoms with van der Waals surface area (Å²) in [6.45, 7) is 0. The van der Waals surface area contributed by atoms with Crippen LogP contribution in [0, 0.1) is 0 Å². The van der Waals surface area contributed by atoms with Crippen LogP contribution < -0.4 is 0 Å². The molecule has 10 heteroatoms. The first-order valence-electron chi connectivity index (χ1n) is 2.39. The van der Waals surface area contributed by atoms with Gasteiger partial charge in [0.05, 0.1) is 0 Å². The van der Waals surface area contributed by atoms with E-state index in [2.05, 4.69) is 0 Å². The first-order chi connectivity index (χ1) is 5.44. The molecule has 13 heavy (non-hydrogen) atoms. The van der Waals surface area contributed by atoms with Gasteiger partial charge in [-0.1, -0.05) is 0 Å². The predicted octanol–water partition coefficient (Wildman–Crippen LogP) is -0.156. The number of carboxylic acid groups (broad SMARTS) is 1. The minimum Gasteiger partial charge on any atom is -0.743 e. The van der Waals surface area contributed by atoms with Crippen molar-refractivity contribution in [1.82, 2.24) is 0 Å². The SMILES string of the molecule is O=C(O)C(F)(F)C(F)(F)S(=O)(=O)[O-]. The first kappa shape index (κ1) is 12.1. The number of aliphatic carboxylic acids is 1. The second-order valence-corrected chi connectivity index (χ2v) is 3.27. The Bertz CT molecular complexity index is 319. The van der Waals surface area contributed by atoms with Crippen molar-refractivity contribution in [3.63, 3.8) is 0 Å². The molecule has 0 unspecified atom stereocenters. The van der Waals surface area contributed by atoms with Crippen LogP contribution in [-0.4, -0.2) is 35.2 Å². The molecule has 0 aromatic rings. The lowest BCUT2D eigenvalue weighted by molar-refractivity contribution is -0.199. The number of hydrogen-bond acceptors (Lipinski definition) is 4. The quantitative estimate of drug-likeness (QED) is 0.532. The molecule has 5 nitrogen and oxygen atoms in total. The van der Waals surface area contributed by atoms with Gasteiger partial charge in [0.25, 0.3) is 0 Å². The molecule has 0 aliphatic heterocycles. The van der Waals surface area contributed by atoms with Gasteiger partial charge >= 0.3 is 17.1 Å². The van der Waals surface area contributed by atoms with E-state index in [9.17, 15) is 35.3 Å². The molecule has 0 aliphatic carbocycles. The molecule has 0 saturated heterocycles. The third-order valence-corrected chi connectivity index (χ3v) is 1.83. The number of alkyl halides is 4. The van der Waals surface area contributed by atoms with Crippen LogP contribution in [0.1, 0.15) is 0 Å². The summed E-state index contributed by atoms with van der Waals surface area (Å²) < 4.78 is 76.3. The van der Waals surface area contributed by atoms with E-state index in [1.807, 2.05) is 0 Å². The van der Waals surface area contributed by atoms with E-state index in [0.29, 0.717) is 0 Å². The molecular weight excluding hydrogens is 224 g/mol. The van der Waals surface area contributed by atoms with E-state index in [0.717, 1.165) is 0 Å². The highest BCUT2D eigenvalue weighted by molar-refractivity contribution is 7.86. The molecule has 0 aromatic heterocycles. The Balaban J connectivity index is 5.42. The maximum Gasteiger partial charge on any atom is 0.417 e. The number of carboxylic acids is 1. The summed E-state index contributed by atoms with van der Waals surface area (Å²) in [6, 6.07) is 0. The summed E-state index contributed by atoms with van der Waals surface area (Å²) in [6.07, 6.45) is 0. The monoisotopic (exact) mass is 225 g/mol. The van der Waals surface area contributed by atoms with E-state index in [1.165, 1.54) is 0 Å². The van der Waals surface area contributed by atoms with Crippen molar-refractivity contribution >= 4 is 16.1 Å². The Morgan fingerprint density at radius 2 is 1.54 bits per heavy atom. The largest absolute Gasteiger partial charge is 0.743 e. The van der Waals surface area contributed by atoms with Crippen molar-refractivity contribution in [2.45, 2.75) is 11.2 Å². The Labute approximate surface area is 68.7 Å². The summed E-state index contributed by atoms with van der Waals surface area (Å²) >= 11 is 0. The van der Waals surface area contributed by atoms with Crippen LogP contribution in [0.15, 0.2) is 0 Å². The molecule has 0 aliphatic rings. The van der Waals surface area contributed by atoms with E-state index in [-0.39, 0.29) is 0 Å². The molecule has 0 fully saturated rings. The molecule has 0 saturated carbocycles. The standard InChI is InChI=1S/C3H2F4O5S/c4-2(5,1(8)9)3(6,7)13(10,11)12/h(H,8,9)(H,10,11,12)/p-1. The van der Waals surface area contributed by atoms with Gasteiger partial charge in [0.15, 0.2) is 10.1 Å². The third-order valence-electron chi connectivity index (χ3n) is 0.948. The normalized spacial score (nSPS) is 14.2. The first-order valence-corrected chi connectivity index (χ1v) is 3.80. The van der Waals surface area contributed by atoms with Crippen LogP contribution in [0.2, 0.25) is 0 Å². The van der Waals surface area contributed by atoms with Crippen LogP contribution in [-0.2, 0) is 14.9 Å². The molecule has 0 rings (SSSR count). The van der Waals surface area contributed by atoms with E-state index >= 15 is 0 Å². The van der Waals surface area contributed by atoms with Crippen LogP contribution in [0.4, 0.5) is 17.6 Å². The van der Waals surface area contributed by atoms with Gasteiger partial charge in [-0.2, -0.15) is 17.6 Å². The second kappa shape index (κ2) is 2.80. The van der Waals surface area contributed by atoms with Gasteiger partial charge < -0.3 is 9.66 Å². The molecular formula is C3HF4O5S-. The average Bonchev–Trinajstić information content (AvgIpc) is 1.84. The highest BCUT2D eigenvalue weighted by atomic mass is 32.2. The molecule has 78 valence electrons. The van der Waals surface area contributed by atoms with Gasteiger partial charge in [-0.15, -0.1) is 0 Å². The number of carbonyl (C=O) groups is 1. The molecule has 0 heterocycles. The van der Waals surface area contributed by atoms with Gasteiger partial charge in [0.1, 0.15) is 0 Å². The molecule has 0 aromatic carbocycles. The summed E-state index contributed by atoms with van der Waals surface area (Å²) in [5, 5.41) is 1.35. The van der Waals surface area contributed by atoms with Crippen molar-refractivity contribution in [2.24, 2.45) is 0 Å². The van der Waals surface area contributed by atoms with Crippen LogP contribution in [0.25, 0.3) is 0 Å². The van der Waals surface area contributed by atoms with Crippen molar-refractivity contribution < 1.29 is 40.4 Å². The highest BCUT2D eigenvalue weighted by Gasteiger charge is 2.67. The Kier molecular flexibility index (Phi) is 2.61. The van der Waals surface area contributed by atoms with Gasteiger partial charge in [-0.05, 0) is 0 Å². The van der Waals surface area contributed by atoms with Gasteiger partial charge in [0.2, 0.25) is 0 Å².